The monoisotopic (exact) mass is 164 g/mol. The first-order chi connectivity index (χ1) is 5.86. The third-order valence-corrected chi connectivity index (χ3v) is 2.15. The first kappa shape index (κ1) is 7.40. The van der Waals surface area contributed by atoms with Gasteiger partial charge in [-0.1, -0.05) is 0 Å². The van der Waals surface area contributed by atoms with Gasteiger partial charge in [0.05, 0.1) is 18.6 Å². The molecule has 1 fully saturated rings. The molecule has 1 saturated heterocycles. The molecule has 3 nitrogen and oxygen atoms in total. The summed E-state index contributed by atoms with van der Waals surface area (Å²) < 4.78 is 5.21. The van der Waals surface area contributed by atoms with Crippen LogP contribution in [-0.2, 0) is 6.54 Å². The van der Waals surface area contributed by atoms with E-state index in [0.29, 0.717) is 0 Å². The van der Waals surface area contributed by atoms with Crippen LogP contribution >= 0.6 is 0 Å². The van der Waals surface area contributed by atoms with Crippen LogP contribution in [0.2, 0.25) is 0 Å². The second-order valence-electron chi connectivity index (χ2n) is 3.05. The highest BCUT2D eigenvalue weighted by Gasteiger charge is 2.17. The van der Waals surface area contributed by atoms with E-state index in [9.17, 15) is 0 Å². The average molecular weight is 164 g/mol. The SMILES string of the molecule is N=C1CCCN1Cc1ccco1. The molecule has 1 N–H and O–H groups in total. The van der Waals surface area contributed by atoms with Gasteiger partial charge < -0.3 is 9.32 Å². The van der Waals surface area contributed by atoms with Gasteiger partial charge in [-0.3, -0.25) is 5.41 Å². The van der Waals surface area contributed by atoms with Crippen molar-refractivity contribution in [1.29, 1.82) is 5.41 Å². The highest BCUT2D eigenvalue weighted by atomic mass is 16.3. The quantitative estimate of drug-likeness (QED) is 0.724. The molecule has 0 radical (unpaired) electrons. The number of amidine groups is 1. The van der Waals surface area contributed by atoms with Gasteiger partial charge in [0, 0.05) is 13.0 Å². The Labute approximate surface area is 71.5 Å². The summed E-state index contributed by atoms with van der Waals surface area (Å²) in [6, 6.07) is 3.83. The van der Waals surface area contributed by atoms with Crippen LogP contribution in [0.15, 0.2) is 22.8 Å². The molecule has 0 amide bonds. The zero-order valence-electron chi connectivity index (χ0n) is 6.92. The number of hydrogen-bond donors (Lipinski definition) is 1. The zero-order chi connectivity index (χ0) is 8.39. The Hall–Kier alpha value is -1.25. The second kappa shape index (κ2) is 3.01. The number of hydrogen-bond acceptors (Lipinski definition) is 2. The highest BCUT2D eigenvalue weighted by Crippen LogP contribution is 2.14. The van der Waals surface area contributed by atoms with Crippen molar-refractivity contribution in [2.75, 3.05) is 6.54 Å². The van der Waals surface area contributed by atoms with Crippen molar-refractivity contribution in [3.63, 3.8) is 0 Å². The minimum Gasteiger partial charge on any atom is -0.467 e. The van der Waals surface area contributed by atoms with Crippen molar-refractivity contribution in [2.24, 2.45) is 0 Å². The van der Waals surface area contributed by atoms with Crippen LogP contribution in [0.25, 0.3) is 0 Å². The normalized spacial score (nSPS) is 17.3. The average Bonchev–Trinajstić information content (AvgIpc) is 2.65. The fourth-order valence-corrected chi connectivity index (χ4v) is 1.50. The summed E-state index contributed by atoms with van der Waals surface area (Å²) in [5.41, 5.74) is 0. The molecule has 0 bridgehead atoms. The lowest BCUT2D eigenvalue weighted by molar-refractivity contribution is 0.382. The summed E-state index contributed by atoms with van der Waals surface area (Å²) in [4.78, 5) is 2.05. The first-order valence-electron chi connectivity index (χ1n) is 4.21. The van der Waals surface area contributed by atoms with Crippen molar-refractivity contribution in [1.82, 2.24) is 4.90 Å². The van der Waals surface area contributed by atoms with E-state index in [2.05, 4.69) is 4.90 Å². The first-order valence-corrected chi connectivity index (χ1v) is 4.21. The Morgan fingerprint density at radius 3 is 3.08 bits per heavy atom. The molecule has 3 heteroatoms. The molecule has 2 rings (SSSR count). The Bertz CT molecular complexity index is 266. The summed E-state index contributed by atoms with van der Waals surface area (Å²) in [5.74, 6) is 1.69. The largest absolute Gasteiger partial charge is 0.467 e. The Morgan fingerprint density at radius 1 is 1.58 bits per heavy atom. The van der Waals surface area contributed by atoms with E-state index in [1.165, 1.54) is 0 Å². The van der Waals surface area contributed by atoms with Crippen molar-refractivity contribution in [3.05, 3.63) is 24.2 Å². The predicted molar refractivity (Wildman–Crippen MR) is 46.1 cm³/mol. The van der Waals surface area contributed by atoms with Crippen molar-refractivity contribution in [3.8, 4) is 0 Å². The van der Waals surface area contributed by atoms with Crippen molar-refractivity contribution in [2.45, 2.75) is 19.4 Å². The third-order valence-electron chi connectivity index (χ3n) is 2.15. The van der Waals surface area contributed by atoms with Gasteiger partial charge in [-0.15, -0.1) is 0 Å². The maximum Gasteiger partial charge on any atom is 0.123 e. The van der Waals surface area contributed by atoms with E-state index in [0.717, 1.165) is 37.5 Å². The van der Waals surface area contributed by atoms with Crippen LogP contribution in [0.4, 0.5) is 0 Å². The van der Waals surface area contributed by atoms with Crippen molar-refractivity contribution >= 4 is 5.84 Å². The third kappa shape index (κ3) is 1.35. The highest BCUT2D eigenvalue weighted by molar-refractivity contribution is 5.80. The number of nitrogens with one attached hydrogen (secondary N) is 1. The summed E-state index contributed by atoms with van der Waals surface area (Å²) in [6.07, 6.45) is 3.70. The van der Waals surface area contributed by atoms with E-state index in [1.54, 1.807) is 6.26 Å². The van der Waals surface area contributed by atoms with Crippen LogP contribution < -0.4 is 0 Å². The molecule has 0 aliphatic carbocycles. The molecule has 1 aliphatic rings. The molecule has 0 atom stereocenters. The van der Waals surface area contributed by atoms with Gasteiger partial charge >= 0.3 is 0 Å². The molecular formula is C9H12N2O. The summed E-state index contributed by atoms with van der Waals surface area (Å²) in [5, 5.41) is 7.59. The van der Waals surface area contributed by atoms with Crippen LogP contribution in [0, 0.1) is 5.41 Å². The molecule has 0 unspecified atom stereocenters. The Balaban J connectivity index is 1.99. The van der Waals surface area contributed by atoms with Gasteiger partial charge in [0.2, 0.25) is 0 Å². The van der Waals surface area contributed by atoms with Crippen LogP contribution in [0.5, 0.6) is 0 Å². The van der Waals surface area contributed by atoms with Gasteiger partial charge in [0.25, 0.3) is 0 Å². The lowest BCUT2D eigenvalue weighted by atomic mass is 10.4. The molecule has 0 saturated carbocycles. The Morgan fingerprint density at radius 2 is 2.50 bits per heavy atom. The topological polar surface area (TPSA) is 40.2 Å². The van der Waals surface area contributed by atoms with Gasteiger partial charge in [-0.05, 0) is 18.6 Å². The van der Waals surface area contributed by atoms with E-state index in [-0.39, 0.29) is 0 Å². The minimum absolute atomic E-state index is 0.742. The smallest absolute Gasteiger partial charge is 0.123 e. The van der Waals surface area contributed by atoms with Crippen LogP contribution in [0.1, 0.15) is 18.6 Å². The van der Waals surface area contributed by atoms with Gasteiger partial charge in [0.1, 0.15) is 5.76 Å². The Kier molecular flexibility index (Phi) is 1.86. The van der Waals surface area contributed by atoms with E-state index >= 15 is 0 Å². The molecule has 0 spiro atoms. The van der Waals surface area contributed by atoms with E-state index in [1.807, 2.05) is 12.1 Å². The number of rotatable bonds is 2. The van der Waals surface area contributed by atoms with E-state index in [4.69, 9.17) is 9.83 Å². The molecule has 1 aromatic rings. The summed E-state index contributed by atoms with van der Waals surface area (Å²) >= 11 is 0. The standard InChI is InChI=1S/C9H12N2O/c10-9-4-1-5-11(9)7-8-3-2-6-12-8/h2-3,6,10H,1,4-5,7H2. The maximum absolute atomic E-state index is 7.59. The molecule has 12 heavy (non-hydrogen) atoms. The molecule has 2 heterocycles. The fraction of sp³-hybridized carbons (Fsp3) is 0.444. The summed E-state index contributed by atoms with van der Waals surface area (Å²) in [6.45, 7) is 1.76. The molecule has 1 aromatic heterocycles. The molecular weight excluding hydrogens is 152 g/mol. The second-order valence-corrected chi connectivity index (χ2v) is 3.05. The van der Waals surface area contributed by atoms with Crippen molar-refractivity contribution < 1.29 is 4.42 Å². The zero-order valence-corrected chi connectivity index (χ0v) is 6.92. The fourth-order valence-electron chi connectivity index (χ4n) is 1.50. The molecule has 64 valence electrons. The summed E-state index contributed by atoms with van der Waals surface area (Å²) in [7, 11) is 0. The number of furan rings is 1. The lowest BCUT2D eigenvalue weighted by Crippen LogP contribution is -2.22. The molecule has 1 aliphatic heterocycles. The molecule has 0 aromatic carbocycles. The van der Waals surface area contributed by atoms with Gasteiger partial charge in [-0.25, -0.2) is 0 Å². The van der Waals surface area contributed by atoms with Gasteiger partial charge in [0.15, 0.2) is 0 Å². The predicted octanol–water partition coefficient (Wildman–Crippen LogP) is 1.85. The maximum atomic E-state index is 7.59. The lowest BCUT2D eigenvalue weighted by Gasteiger charge is -2.15. The van der Waals surface area contributed by atoms with Gasteiger partial charge in [-0.2, -0.15) is 0 Å². The van der Waals surface area contributed by atoms with Crippen LogP contribution in [0.3, 0.4) is 0 Å². The minimum atomic E-state index is 0.742. The number of nitrogens with zero attached hydrogens (tertiary/aromatic N) is 1. The van der Waals surface area contributed by atoms with Crippen LogP contribution in [-0.4, -0.2) is 17.3 Å². The van der Waals surface area contributed by atoms with E-state index < -0.39 is 0 Å². The number of likely N-dealkylation sites (tertiary alicyclic amines) is 1.